The first-order valence-corrected chi connectivity index (χ1v) is 9.18. The lowest BCUT2D eigenvalue weighted by Crippen LogP contribution is -2.41. The summed E-state index contributed by atoms with van der Waals surface area (Å²) < 4.78 is 6.32. The van der Waals surface area contributed by atoms with Crippen LogP contribution in [-0.2, 0) is 13.0 Å². The van der Waals surface area contributed by atoms with Crippen LogP contribution < -0.4 is 5.32 Å². The molecule has 4 heterocycles. The molecule has 1 fully saturated rings. The number of rotatable bonds is 5. The zero-order chi connectivity index (χ0) is 16.4. The summed E-state index contributed by atoms with van der Waals surface area (Å²) in [5.74, 6) is 2.42. The number of nitrogens with zero attached hydrogens (tertiary/aromatic N) is 5. The Balaban J connectivity index is 1.42. The fourth-order valence-electron chi connectivity index (χ4n) is 3.10. The van der Waals surface area contributed by atoms with Gasteiger partial charge >= 0.3 is 0 Å². The minimum absolute atomic E-state index is 0.372. The molecule has 4 rings (SSSR count). The second kappa shape index (κ2) is 6.82. The first kappa shape index (κ1) is 15.5. The van der Waals surface area contributed by atoms with Gasteiger partial charge in [-0.25, -0.2) is 9.97 Å². The minimum atomic E-state index is 0.372. The van der Waals surface area contributed by atoms with Gasteiger partial charge in [0, 0.05) is 19.0 Å². The van der Waals surface area contributed by atoms with Crippen LogP contribution in [-0.4, -0.2) is 44.1 Å². The van der Waals surface area contributed by atoms with E-state index in [9.17, 15) is 0 Å². The van der Waals surface area contributed by atoms with Gasteiger partial charge in [0.1, 0.15) is 12.1 Å². The number of hydrogen-bond donors (Lipinski definition) is 1. The zero-order valence-corrected chi connectivity index (χ0v) is 14.4. The Morgan fingerprint density at radius 1 is 1.42 bits per heavy atom. The molecule has 0 bridgehead atoms. The summed E-state index contributed by atoms with van der Waals surface area (Å²) in [7, 11) is 0. The summed E-state index contributed by atoms with van der Waals surface area (Å²) in [4.78, 5) is 15.5. The lowest BCUT2D eigenvalue weighted by atomic mass is 10.1. The highest BCUT2D eigenvalue weighted by atomic mass is 32.1. The number of hydrogen-bond acceptors (Lipinski definition) is 8. The molecule has 0 aliphatic carbocycles. The monoisotopic (exact) mass is 344 g/mol. The quantitative estimate of drug-likeness (QED) is 0.762. The van der Waals surface area contributed by atoms with E-state index in [-0.39, 0.29) is 0 Å². The first-order valence-electron chi connectivity index (χ1n) is 8.30. The molecule has 8 heteroatoms. The standard InChI is InChI=1S/C16H20N6OS/c1-2-14-20-13(21-23-14)9-22-6-3-4-11(8-22)19-16-15-12(5-7-24-15)17-10-18-16/h5,7,10-11H,2-4,6,8-9H2,1H3,(H,17,18,19)/t11-/m1/s1. The highest BCUT2D eigenvalue weighted by Gasteiger charge is 2.22. The molecule has 0 amide bonds. The predicted octanol–water partition coefficient (Wildman–Crippen LogP) is 2.71. The van der Waals surface area contributed by atoms with Gasteiger partial charge in [0.25, 0.3) is 0 Å². The molecule has 1 atom stereocenters. The van der Waals surface area contributed by atoms with Crippen molar-refractivity contribution in [3.63, 3.8) is 0 Å². The Hall–Kier alpha value is -2.06. The van der Waals surface area contributed by atoms with Crippen LogP contribution in [0.15, 0.2) is 22.3 Å². The highest BCUT2D eigenvalue weighted by Crippen LogP contribution is 2.26. The summed E-state index contributed by atoms with van der Waals surface area (Å²) in [6.45, 7) is 4.77. The van der Waals surface area contributed by atoms with Crippen LogP contribution in [0.4, 0.5) is 5.82 Å². The van der Waals surface area contributed by atoms with E-state index in [1.807, 2.05) is 13.0 Å². The second-order valence-corrected chi connectivity index (χ2v) is 6.95. The molecule has 1 saturated heterocycles. The normalized spacial score (nSPS) is 19.0. The smallest absolute Gasteiger partial charge is 0.226 e. The molecule has 0 aromatic carbocycles. The molecule has 7 nitrogen and oxygen atoms in total. The van der Waals surface area contributed by atoms with Crippen LogP contribution in [0.25, 0.3) is 10.2 Å². The van der Waals surface area contributed by atoms with Crippen molar-refractivity contribution < 1.29 is 4.52 Å². The highest BCUT2D eigenvalue weighted by molar-refractivity contribution is 7.17. The number of fused-ring (bicyclic) bond motifs is 1. The largest absolute Gasteiger partial charge is 0.365 e. The summed E-state index contributed by atoms with van der Waals surface area (Å²) >= 11 is 1.68. The molecule has 24 heavy (non-hydrogen) atoms. The summed E-state index contributed by atoms with van der Waals surface area (Å²) in [6, 6.07) is 2.40. The second-order valence-electron chi connectivity index (χ2n) is 6.03. The average Bonchev–Trinajstić information content (AvgIpc) is 3.24. The van der Waals surface area contributed by atoms with Gasteiger partial charge in [-0.15, -0.1) is 11.3 Å². The van der Waals surface area contributed by atoms with Crippen molar-refractivity contribution in [2.24, 2.45) is 0 Å². The van der Waals surface area contributed by atoms with E-state index in [0.29, 0.717) is 11.9 Å². The third-order valence-electron chi connectivity index (χ3n) is 4.27. The van der Waals surface area contributed by atoms with Crippen LogP contribution in [0.5, 0.6) is 0 Å². The van der Waals surface area contributed by atoms with E-state index in [4.69, 9.17) is 4.52 Å². The molecule has 0 saturated carbocycles. The SMILES string of the molecule is CCc1nc(CN2CCC[C@@H](Nc3ncnc4ccsc34)C2)no1. The van der Waals surface area contributed by atoms with Gasteiger partial charge in [0.05, 0.1) is 16.8 Å². The van der Waals surface area contributed by atoms with Crippen molar-refractivity contribution >= 4 is 27.4 Å². The number of aromatic nitrogens is 4. The van der Waals surface area contributed by atoms with Crippen LogP contribution in [0.3, 0.4) is 0 Å². The summed E-state index contributed by atoms with van der Waals surface area (Å²) in [5, 5.41) is 9.71. The number of thiophene rings is 1. The van der Waals surface area contributed by atoms with Gasteiger partial charge in [0.15, 0.2) is 5.82 Å². The Bertz CT molecular complexity index is 816. The van der Waals surface area contributed by atoms with Crippen LogP contribution >= 0.6 is 11.3 Å². The lowest BCUT2D eigenvalue weighted by Gasteiger charge is -2.32. The van der Waals surface area contributed by atoms with Gasteiger partial charge in [-0.2, -0.15) is 4.98 Å². The van der Waals surface area contributed by atoms with Crippen molar-refractivity contribution in [1.29, 1.82) is 0 Å². The Labute approximate surface area is 144 Å². The van der Waals surface area contributed by atoms with Gasteiger partial charge < -0.3 is 9.84 Å². The number of piperidine rings is 1. The van der Waals surface area contributed by atoms with Gasteiger partial charge in [-0.1, -0.05) is 12.1 Å². The number of likely N-dealkylation sites (tertiary alicyclic amines) is 1. The van der Waals surface area contributed by atoms with Crippen LogP contribution in [0.2, 0.25) is 0 Å². The fraction of sp³-hybridized carbons (Fsp3) is 0.500. The molecule has 3 aromatic rings. The zero-order valence-electron chi connectivity index (χ0n) is 13.6. The molecule has 0 spiro atoms. The maximum atomic E-state index is 5.20. The molecule has 1 aliphatic heterocycles. The maximum Gasteiger partial charge on any atom is 0.226 e. The number of aryl methyl sites for hydroxylation is 1. The van der Waals surface area contributed by atoms with E-state index < -0.39 is 0 Å². The average molecular weight is 344 g/mol. The van der Waals surface area contributed by atoms with Crippen molar-refractivity contribution in [1.82, 2.24) is 25.0 Å². The lowest BCUT2D eigenvalue weighted by molar-refractivity contribution is 0.201. The van der Waals surface area contributed by atoms with E-state index in [0.717, 1.165) is 60.8 Å². The Morgan fingerprint density at radius 3 is 3.25 bits per heavy atom. The van der Waals surface area contributed by atoms with E-state index >= 15 is 0 Å². The third kappa shape index (κ3) is 3.25. The van der Waals surface area contributed by atoms with Crippen molar-refractivity contribution in [2.75, 3.05) is 18.4 Å². The first-order chi connectivity index (χ1) is 11.8. The number of anilines is 1. The van der Waals surface area contributed by atoms with E-state index in [2.05, 4.69) is 35.7 Å². The molecular weight excluding hydrogens is 324 g/mol. The molecule has 0 radical (unpaired) electrons. The molecule has 1 aliphatic rings. The Morgan fingerprint density at radius 2 is 2.38 bits per heavy atom. The van der Waals surface area contributed by atoms with E-state index in [1.54, 1.807) is 17.7 Å². The third-order valence-corrected chi connectivity index (χ3v) is 5.18. The van der Waals surface area contributed by atoms with Gasteiger partial charge in [-0.3, -0.25) is 4.90 Å². The van der Waals surface area contributed by atoms with Crippen LogP contribution in [0.1, 0.15) is 31.5 Å². The predicted molar refractivity (Wildman–Crippen MR) is 93.0 cm³/mol. The number of nitrogens with one attached hydrogen (secondary N) is 1. The summed E-state index contributed by atoms with van der Waals surface area (Å²) in [6.07, 6.45) is 4.69. The molecule has 126 valence electrons. The fourth-order valence-corrected chi connectivity index (χ4v) is 3.90. The van der Waals surface area contributed by atoms with Gasteiger partial charge in [-0.05, 0) is 30.8 Å². The van der Waals surface area contributed by atoms with E-state index in [1.165, 1.54) is 0 Å². The van der Waals surface area contributed by atoms with Crippen molar-refractivity contribution in [3.8, 4) is 0 Å². The molecule has 1 N–H and O–H groups in total. The summed E-state index contributed by atoms with van der Waals surface area (Å²) in [5.41, 5.74) is 1.00. The molecule has 0 unspecified atom stereocenters. The van der Waals surface area contributed by atoms with Crippen molar-refractivity contribution in [3.05, 3.63) is 29.5 Å². The topological polar surface area (TPSA) is 80.0 Å². The Kier molecular flexibility index (Phi) is 4.40. The molecular formula is C16H20N6OS. The maximum absolute atomic E-state index is 5.20. The van der Waals surface area contributed by atoms with Crippen molar-refractivity contribution in [2.45, 2.75) is 38.8 Å². The van der Waals surface area contributed by atoms with Crippen LogP contribution in [0, 0.1) is 0 Å². The minimum Gasteiger partial charge on any atom is -0.365 e. The molecule has 3 aromatic heterocycles. The van der Waals surface area contributed by atoms with Gasteiger partial charge in [0.2, 0.25) is 5.89 Å².